The summed E-state index contributed by atoms with van der Waals surface area (Å²) in [7, 11) is 0. The Labute approximate surface area is 122 Å². The topological polar surface area (TPSA) is 79.3 Å². The fourth-order valence-electron chi connectivity index (χ4n) is 1.83. The van der Waals surface area contributed by atoms with Crippen LogP contribution in [0.2, 0.25) is 0 Å². The van der Waals surface area contributed by atoms with E-state index >= 15 is 0 Å². The van der Waals surface area contributed by atoms with Gasteiger partial charge in [-0.2, -0.15) is 0 Å². The summed E-state index contributed by atoms with van der Waals surface area (Å²) in [5.74, 6) is -1.18. The molecule has 0 aliphatic heterocycles. The zero-order chi connectivity index (χ0) is 15.4. The molecule has 0 atom stereocenters. The molecule has 21 heavy (non-hydrogen) atoms. The van der Waals surface area contributed by atoms with Crippen molar-refractivity contribution < 1.29 is 14.7 Å². The van der Waals surface area contributed by atoms with E-state index in [0.717, 1.165) is 0 Å². The molecule has 2 rings (SSSR count). The number of pyridine rings is 1. The SMILES string of the molecule is CC(C)c1ccc(NC(=O)c2cccc(C(=O)O)n2)cc1. The summed E-state index contributed by atoms with van der Waals surface area (Å²) >= 11 is 0. The summed E-state index contributed by atoms with van der Waals surface area (Å²) < 4.78 is 0. The van der Waals surface area contributed by atoms with Gasteiger partial charge in [0, 0.05) is 5.69 Å². The number of amides is 1. The molecule has 0 fully saturated rings. The Morgan fingerprint density at radius 3 is 2.24 bits per heavy atom. The number of hydrogen-bond donors (Lipinski definition) is 2. The van der Waals surface area contributed by atoms with E-state index < -0.39 is 11.9 Å². The molecular weight excluding hydrogens is 268 g/mol. The summed E-state index contributed by atoms with van der Waals surface area (Å²) in [5, 5.41) is 11.6. The second kappa shape index (κ2) is 6.17. The van der Waals surface area contributed by atoms with Crippen LogP contribution in [0.5, 0.6) is 0 Å². The second-order valence-electron chi connectivity index (χ2n) is 4.94. The number of nitrogens with one attached hydrogen (secondary N) is 1. The van der Waals surface area contributed by atoms with Crippen LogP contribution >= 0.6 is 0 Å². The Bertz CT molecular complexity index is 663. The van der Waals surface area contributed by atoms with Gasteiger partial charge in [-0.15, -0.1) is 0 Å². The monoisotopic (exact) mass is 284 g/mol. The molecule has 1 aromatic heterocycles. The Morgan fingerprint density at radius 1 is 1.05 bits per heavy atom. The molecule has 0 aliphatic rings. The van der Waals surface area contributed by atoms with Gasteiger partial charge in [-0.05, 0) is 35.7 Å². The third-order valence-electron chi connectivity index (χ3n) is 3.04. The van der Waals surface area contributed by atoms with Crippen LogP contribution in [0.1, 0.15) is 46.3 Å². The predicted octanol–water partition coefficient (Wildman–Crippen LogP) is 3.16. The van der Waals surface area contributed by atoms with Crippen molar-refractivity contribution in [1.29, 1.82) is 0 Å². The van der Waals surface area contributed by atoms with Crippen molar-refractivity contribution in [1.82, 2.24) is 4.98 Å². The number of aromatic carboxylic acids is 1. The van der Waals surface area contributed by atoms with Gasteiger partial charge >= 0.3 is 5.97 Å². The summed E-state index contributed by atoms with van der Waals surface area (Å²) in [6, 6.07) is 11.8. The van der Waals surface area contributed by atoms with Crippen molar-refractivity contribution in [2.24, 2.45) is 0 Å². The van der Waals surface area contributed by atoms with Gasteiger partial charge in [0.05, 0.1) is 0 Å². The Hall–Kier alpha value is -2.69. The van der Waals surface area contributed by atoms with E-state index in [9.17, 15) is 9.59 Å². The Kier molecular flexibility index (Phi) is 4.33. The Balaban J connectivity index is 2.14. The minimum atomic E-state index is -1.16. The van der Waals surface area contributed by atoms with Crippen LogP contribution in [-0.4, -0.2) is 22.0 Å². The van der Waals surface area contributed by atoms with Crippen LogP contribution in [0.4, 0.5) is 5.69 Å². The first-order valence-electron chi connectivity index (χ1n) is 6.59. The number of hydrogen-bond acceptors (Lipinski definition) is 3. The number of carbonyl (C=O) groups excluding carboxylic acids is 1. The molecule has 0 bridgehead atoms. The van der Waals surface area contributed by atoms with Crippen LogP contribution in [-0.2, 0) is 0 Å². The van der Waals surface area contributed by atoms with Crippen molar-refractivity contribution in [2.75, 3.05) is 5.32 Å². The van der Waals surface area contributed by atoms with Gasteiger partial charge in [-0.1, -0.05) is 32.0 Å². The van der Waals surface area contributed by atoms with E-state index in [4.69, 9.17) is 5.11 Å². The molecular formula is C16H16N2O3. The molecule has 0 aliphatic carbocycles. The van der Waals surface area contributed by atoms with Crippen LogP contribution < -0.4 is 5.32 Å². The predicted molar refractivity (Wildman–Crippen MR) is 79.7 cm³/mol. The fourth-order valence-corrected chi connectivity index (χ4v) is 1.83. The molecule has 0 radical (unpaired) electrons. The highest BCUT2D eigenvalue weighted by Gasteiger charge is 2.11. The van der Waals surface area contributed by atoms with Crippen LogP contribution in [0, 0.1) is 0 Å². The quantitative estimate of drug-likeness (QED) is 0.903. The lowest BCUT2D eigenvalue weighted by molar-refractivity contribution is 0.0690. The van der Waals surface area contributed by atoms with Gasteiger partial charge in [0.25, 0.3) is 5.91 Å². The van der Waals surface area contributed by atoms with E-state index in [1.54, 1.807) is 0 Å². The lowest BCUT2D eigenvalue weighted by Gasteiger charge is -2.08. The van der Waals surface area contributed by atoms with Crippen LogP contribution in [0.3, 0.4) is 0 Å². The summed E-state index contributed by atoms with van der Waals surface area (Å²) in [5.41, 5.74) is 1.74. The average molecular weight is 284 g/mol. The number of carbonyl (C=O) groups is 2. The van der Waals surface area contributed by atoms with Gasteiger partial charge in [0.15, 0.2) is 0 Å². The van der Waals surface area contributed by atoms with Crippen molar-refractivity contribution >= 4 is 17.6 Å². The van der Waals surface area contributed by atoms with E-state index in [-0.39, 0.29) is 11.4 Å². The molecule has 1 aromatic carbocycles. The summed E-state index contributed by atoms with van der Waals surface area (Å²) in [4.78, 5) is 26.7. The van der Waals surface area contributed by atoms with Gasteiger partial charge in [-0.25, -0.2) is 9.78 Å². The molecule has 2 N–H and O–H groups in total. The largest absolute Gasteiger partial charge is 0.477 e. The maximum atomic E-state index is 12.0. The van der Waals surface area contributed by atoms with Gasteiger partial charge in [0.2, 0.25) is 0 Å². The average Bonchev–Trinajstić information content (AvgIpc) is 2.48. The van der Waals surface area contributed by atoms with E-state index in [2.05, 4.69) is 24.1 Å². The lowest BCUT2D eigenvalue weighted by Crippen LogP contribution is -2.15. The first-order valence-corrected chi connectivity index (χ1v) is 6.59. The van der Waals surface area contributed by atoms with Crippen molar-refractivity contribution in [3.8, 4) is 0 Å². The highest BCUT2D eigenvalue weighted by atomic mass is 16.4. The number of rotatable bonds is 4. The molecule has 0 spiro atoms. The van der Waals surface area contributed by atoms with Crippen molar-refractivity contribution in [3.63, 3.8) is 0 Å². The zero-order valence-corrected chi connectivity index (χ0v) is 11.8. The van der Waals surface area contributed by atoms with Gasteiger partial charge in [0.1, 0.15) is 11.4 Å². The normalized spacial score (nSPS) is 10.4. The van der Waals surface area contributed by atoms with Crippen molar-refractivity contribution in [3.05, 3.63) is 59.4 Å². The number of carboxylic acids is 1. The molecule has 2 aromatic rings. The molecule has 5 nitrogen and oxygen atoms in total. The van der Waals surface area contributed by atoms with Gasteiger partial charge < -0.3 is 10.4 Å². The standard InChI is InChI=1S/C16H16N2O3/c1-10(2)11-6-8-12(9-7-11)17-15(19)13-4-3-5-14(18-13)16(20)21/h3-10H,1-2H3,(H,17,19)(H,20,21). The molecule has 5 heteroatoms. The minimum Gasteiger partial charge on any atom is -0.477 e. The third-order valence-corrected chi connectivity index (χ3v) is 3.04. The highest BCUT2D eigenvalue weighted by Crippen LogP contribution is 2.17. The van der Waals surface area contributed by atoms with E-state index in [1.807, 2.05) is 24.3 Å². The Morgan fingerprint density at radius 2 is 1.67 bits per heavy atom. The second-order valence-corrected chi connectivity index (χ2v) is 4.94. The molecule has 1 amide bonds. The molecule has 1 heterocycles. The number of benzene rings is 1. The maximum Gasteiger partial charge on any atom is 0.354 e. The van der Waals surface area contributed by atoms with Crippen LogP contribution in [0.25, 0.3) is 0 Å². The van der Waals surface area contributed by atoms with Gasteiger partial charge in [-0.3, -0.25) is 4.79 Å². The van der Waals surface area contributed by atoms with E-state index in [0.29, 0.717) is 11.6 Å². The number of anilines is 1. The smallest absolute Gasteiger partial charge is 0.354 e. The molecule has 0 unspecified atom stereocenters. The highest BCUT2D eigenvalue weighted by molar-refractivity contribution is 6.03. The molecule has 0 saturated carbocycles. The minimum absolute atomic E-state index is 0.0721. The zero-order valence-electron chi connectivity index (χ0n) is 11.8. The number of nitrogens with zero attached hydrogens (tertiary/aromatic N) is 1. The maximum absolute atomic E-state index is 12.0. The first kappa shape index (κ1) is 14.7. The number of aromatic nitrogens is 1. The van der Waals surface area contributed by atoms with Crippen molar-refractivity contribution in [2.45, 2.75) is 19.8 Å². The first-order chi connectivity index (χ1) is 9.97. The summed E-state index contributed by atoms with van der Waals surface area (Å²) in [6.45, 7) is 4.18. The lowest BCUT2D eigenvalue weighted by atomic mass is 10.0. The molecule has 108 valence electrons. The number of carboxylic acid groups (broad SMARTS) is 1. The third kappa shape index (κ3) is 3.66. The van der Waals surface area contributed by atoms with Crippen LogP contribution in [0.15, 0.2) is 42.5 Å². The fraction of sp³-hybridized carbons (Fsp3) is 0.188. The molecule has 0 saturated heterocycles. The summed E-state index contributed by atoms with van der Waals surface area (Å²) in [6.07, 6.45) is 0. The van der Waals surface area contributed by atoms with E-state index in [1.165, 1.54) is 23.8 Å².